The van der Waals surface area contributed by atoms with E-state index in [0.29, 0.717) is 5.75 Å². The Balaban J connectivity index is 0.00000225. The summed E-state index contributed by atoms with van der Waals surface area (Å²) in [7, 11) is 0. The van der Waals surface area contributed by atoms with Crippen LogP contribution in [0.2, 0.25) is 0 Å². The monoisotopic (exact) mass is 243 g/mol. The van der Waals surface area contributed by atoms with E-state index < -0.39 is 0 Å². The van der Waals surface area contributed by atoms with Crippen LogP contribution in [0.5, 0.6) is 5.75 Å². The minimum Gasteiger partial charge on any atom is -0.508 e. The molecule has 0 unspecified atom stereocenters. The van der Waals surface area contributed by atoms with Crippen LogP contribution in [0, 0.1) is 0 Å². The second-order valence-corrected chi connectivity index (χ2v) is 3.95. The lowest BCUT2D eigenvalue weighted by atomic mass is 10.2. The lowest BCUT2D eigenvalue weighted by Crippen LogP contribution is -2.24. The normalized spacial score (nSPS) is 10.2. The topological polar surface area (TPSA) is 23.5 Å². The highest BCUT2D eigenvalue weighted by Crippen LogP contribution is 2.13. The van der Waals surface area contributed by atoms with Gasteiger partial charge in [-0.05, 0) is 43.6 Å². The first-order chi connectivity index (χ1) is 7.26. The molecule has 0 fully saturated rings. The van der Waals surface area contributed by atoms with Gasteiger partial charge in [-0.15, -0.1) is 12.4 Å². The fraction of sp³-hybridized carbons (Fsp3) is 0.538. The maximum atomic E-state index is 9.37. The fourth-order valence-corrected chi connectivity index (χ4v) is 1.82. The quantitative estimate of drug-likeness (QED) is 0.828. The highest BCUT2D eigenvalue weighted by atomic mass is 35.5. The third-order valence-electron chi connectivity index (χ3n) is 2.40. The van der Waals surface area contributed by atoms with Crippen molar-refractivity contribution >= 4 is 12.4 Å². The molecule has 0 heterocycles. The molecule has 0 radical (unpaired) electrons. The van der Waals surface area contributed by atoms with Gasteiger partial charge in [-0.3, -0.25) is 4.90 Å². The zero-order chi connectivity index (χ0) is 11.1. The summed E-state index contributed by atoms with van der Waals surface area (Å²) in [5, 5.41) is 9.37. The molecule has 0 amide bonds. The van der Waals surface area contributed by atoms with Crippen molar-refractivity contribution < 1.29 is 5.11 Å². The Kier molecular flexibility index (Phi) is 8.04. The van der Waals surface area contributed by atoms with Crippen molar-refractivity contribution in [3.63, 3.8) is 0 Å². The van der Waals surface area contributed by atoms with E-state index >= 15 is 0 Å². The van der Waals surface area contributed by atoms with Gasteiger partial charge in [0, 0.05) is 6.54 Å². The lowest BCUT2D eigenvalue weighted by molar-refractivity contribution is 0.266. The lowest BCUT2D eigenvalue weighted by Gasteiger charge is -2.20. The molecule has 16 heavy (non-hydrogen) atoms. The number of phenolic OH excluding ortho intramolecular Hbond substituents is 1. The van der Waals surface area contributed by atoms with Crippen LogP contribution in [0.25, 0.3) is 0 Å². The average molecular weight is 244 g/mol. The Morgan fingerprint density at radius 3 is 2.25 bits per heavy atom. The summed E-state index contributed by atoms with van der Waals surface area (Å²) >= 11 is 0. The van der Waals surface area contributed by atoms with E-state index in [4.69, 9.17) is 0 Å². The third-order valence-corrected chi connectivity index (χ3v) is 2.40. The van der Waals surface area contributed by atoms with Crippen LogP contribution >= 0.6 is 12.4 Å². The molecule has 2 nitrogen and oxygen atoms in total. The largest absolute Gasteiger partial charge is 0.508 e. The molecule has 0 atom stereocenters. The van der Waals surface area contributed by atoms with Crippen LogP contribution in [0.1, 0.15) is 32.3 Å². The average Bonchev–Trinajstić information content (AvgIpc) is 2.18. The molecular weight excluding hydrogens is 222 g/mol. The Morgan fingerprint density at radius 2 is 1.75 bits per heavy atom. The molecule has 0 aliphatic rings. The highest BCUT2D eigenvalue weighted by Gasteiger charge is 2.03. The molecule has 1 rings (SSSR count). The first-order valence-corrected chi connectivity index (χ1v) is 5.76. The first-order valence-electron chi connectivity index (χ1n) is 5.76. The van der Waals surface area contributed by atoms with Crippen molar-refractivity contribution in [2.45, 2.75) is 33.2 Å². The smallest absolute Gasteiger partial charge is 0.115 e. The van der Waals surface area contributed by atoms with Crippen LogP contribution in [0.4, 0.5) is 0 Å². The van der Waals surface area contributed by atoms with Crippen molar-refractivity contribution in [1.29, 1.82) is 0 Å². The van der Waals surface area contributed by atoms with Gasteiger partial charge in [0.2, 0.25) is 0 Å². The minimum atomic E-state index is 0. The van der Waals surface area contributed by atoms with Crippen molar-refractivity contribution in [2.75, 3.05) is 13.1 Å². The zero-order valence-corrected chi connectivity index (χ0v) is 11.0. The highest BCUT2D eigenvalue weighted by molar-refractivity contribution is 5.85. The Labute approximate surface area is 105 Å². The van der Waals surface area contributed by atoms with Crippen LogP contribution < -0.4 is 0 Å². The summed E-state index contributed by atoms with van der Waals surface area (Å²) in [6, 6.07) is 7.53. The molecular formula is C13H22ClNO. The number of nitrogens with zero attached hydrogens (tertiary/aromatic N) is 1. The van der Waals surface area contributed by atoms with Crippen LogP contribution in [0.15, 0.2) is 24.3 Å². The van der Waals surface area contributed by atoms with Gasteiger partial charge < -0.3 is 5.11 Å². The minimum absolute atomic E-state index is 0. The van der Waals surface area contributed by atoms with Crippen molar-refractivity contribution in [3.05, 3.63) is 29.8 Å². The SMILES string of the molecule is CCCN(CCC)Cc1cccc(O)c1.Cl. The predicted molar refractivity (Wildman–Crippen MR) is 71.2 cm³/mol. The van der Waals surface area contributed by atoms with E-state index in [-0.39, 0.29) is 12.4 Å². The molecule has 1 aromatic carbocycles. The first kappa shape index (κ1) is 15.3. The van der Waals surface area contributed by atoms with Gasteiger partial charge in [0.25, 0.3) is 0 Å². The number of hydrogen-bond acceptors (Lipinski definition) is 2. The summed E-state index contributed by atoms with van der Waals surface area (Å²) in [6.45, 7) is 7.60. The van der Waals surface area contributed by atoms with Gasteiger partial charge in [-0.2, -0.15) is 0 Å². The second-order valence-electron chi connectivity index (χ2n) is 3.95. The predicted octanol–water partition coefficient (Wildman–Crippen LogP) is 3.44. The summed E-state index contributed by atoms with van der Waals surface area (Å²) in [4.78, 5) is 2.43. The van der Waals surface area contributed by atoms with Crippen LogP contribution in [0.3, 0.4) is 0 Å². The second kappa shape index (κ2) is 8.43. The Morgan fingerprint density at radius 1 is 1.12 bits per heavy atom. The van der Waals surface area contributed by atoms with E-state index in [0.717, 1.165) is 19.6 Å². The number of aromatic hydroxyl groups is 1. The van der Waals surface area contributed by atoms with Gasteiger partial charge in [0.1, 0.15) is 5.75 Å². The summed E-state index contributed by atoms with van der Waals surface area (Å²) in [5.74, 6) is 0.362. The van der Waals surface area contributed by atoms with Crippen molar-refractivity contribution in [3.8, 4) is 5.75 Å². The molecule has 92 valence electrons. The summed E-state index contributed by atoms with van der Waals surface area (Å²) in [5.41, 5.74) is 1.19. The number of halogens is 1. The molecule has 1 aromatic rings. The summed E-state index contributed by atoms with van der Waals surface area (Å²) < 4.78 is 0. The van der Waals surface area contributed by atoms with E-state index in [1.807, 2.05) is 12.1 Å². The van der Waals surface area contributed by atoms with E-state index in [2.05, 4.69) is 24.8 Å². The molecule has 0 aliphatic carbocycles. The van der Waals surface area contributed by atoms with Crippen molar-refractivity contribution in [2.24, 2.45) is 0 Å². The van der Waals surface area contributed by atoms with E-state index in [1.54, 1.807) is 6.07 Å². The standard InChI is InChI=1S/C13H21NO.ClH/c1-3-8-14(9-4-2)11-12-6-5-7-13(15)10-12;/h5-7,10,15H,3-4,8-9,11H2,1-2H3;1H. The molecule has 0 aliphatic heterocycles. The number of benzene rings is 1. The molecule has 0 saturated heterocycles. The van der Waals surface area contributed by atoms with Crippen molar-refractivity contribution in [1.82, 2.24) is 4.90 Å². The van der Waals surface area contributed by atoms with Crippen LogP contribution in [-0.2, 0) is 6.54 Å². The zero-order valence-electron chi connectivity index (χ0n) is 10.1. The van der Waals surface area contributed by atoms with Gasteiger partial charge >= 0.3 is 0 Å². The molecule has 0 aromatic heterocycles. The number of hydrogen-bond donors (Lipinski definition) is 1. The molecule has 0 bridgehead atoms. The van der Waals surface area contributed by atoms with E-state index in [9.17, 15) is 5.11 Å². The fourth-order valence-electron chi connectivity index (χ4n) is 1.82. The Hall–Kier alpha value is -0.730. The van der Waals surface area contributed by atoms with Gasteiger partial charge in [0.15, 0.2) is 0 Å². The number of rotatable bonds is 6. The Bertz CT molecular complexity index is 285. The molecule has 1 N–H and O–H groups in total. The number of phenols is 1. The van der Waals surface area contributed by atoms with Gasteiger partial charge in [-0.1, -0.05) is 26.0 Å². The van der Waals surface area contributed by atoms with Crippen LogP contribution in [-0.4, -0.2) is 23.1 Å². The van der Waals surface area contributed by atoms with Gasteiger partial charge in [-0.25, -0.2) is 0 Å². The molecule has 0 saturated carbocycles. The maximum absolute atomic E-state index is 9.37. The third kappa shape index (κ3) is 5.38. The maximum Gasteiger partial charge on any atom is 0.115 e. The summed E-state index contributed by atoms with van der Waals surface area (Å²) in [6.07, 6.45) is 2.36. The molecule has 3 heteroatoms. The van der Waals surface area contributed by atoms with E-state index in [1.165, 1.54) is 18.4 Å². The molecule has 0 spiro atoms. The van der Waals surface area contributed by atoms with Gasteiger partial charge in [0.05, 0.1) is 0 Å².